The van der Waals surface area contributed by atoms with Crippen LogP contribution in [0.3, 0.4) is 0 Å². The van der Waals surface area contributed by atoms with Crippen LogP contribution in [-0.4, -0.2) is 65.0 Å². The fourth-order valence-corrected chi connectivity index (χ4v) is 11.2. The third kappa shape index (κ3) is 15.2. The van der Waals surface area contributed by atoms with Crippen molar-refractivity contribution in [3.05, 3.63) is 239 Å². The van der Waals surface area contributed by atoms with E-state index in [1.54, 1.807) is 97.1 Å². The molecule has 0 amide bonds. The summed E-state index contributed by atoms with van der Waals surface area (Å²) < 4.78 is 0. The minimum absolute atomic E-state index is 0. The van der Waals surface area contributed by atoms with Crippen molar-refractivity contribution in [1.29, 1.82) is 0 Å². The van der Waals surface area contributed by atoms with E-state index in [1.165, 1.54) is 0 Å². The fraction of sp³-hybridized carbons (Fsp3) is 0.262. The molecule has 2 fully saturated rings. The van der Waals surface area contributed by atoms with Crippen LogP contribution < -0.4 is 50.8 Å². The SMILES string of the molecule is C.Oc1ccccc1C(N[C@@H]1CCCC[C@H]1NC(c1ccccc1O)c1ccccc1O)c1ccccc1O.Oc1ccccc1C(N[C@@H]1CCCC[C@H]1NC(c1ccccc1O)c1ccccc1O)c1ccccc1O.[Na+].[Sc]. The molecule has 0 heterocycles. The molecule has 0 bridgehead atoms. The van der Waals surface area contributed by atoms with Gasteiger partial charge < -0.3 is 62.1 Å². The van der Waals surface area contributed by atoms with Gasteiger partial charge in [-0.15, -0.1) is 0 Å². The molecule has 2 aliphatic carbocycles. The smallest absolute Gasteiger partial charge is 0.508 e. The summed E-state index contributed by atoms with van der Waals surface area (Å²) in [4.78, 5) is 0. The third-order valence-corrected chi connectivity index (χ3v) is 15.0. The Balaban J connectivity index is 0.000000246. The van der Waals surface area contributed by atoms with E-state index in [1.807, 2.05) is 97.1 Å². The van der Waals surface area contributed by atoms with Gasteiger partial charge in [0.2, 0.25) is 0 Å². The number of para-hydroxylation sites is 8. The van der Waals surface area contributed by atoms with Crippen molar-refractivity contribution < 1.29 is 96.3 Å². The molecule has 79 heavy (non-hydrogen) atoms. The number of phenolic OH excluding ortho intramolecular Hbond substituents is 8. The molecular weight excluding hydrogens is 1030 g/mol. The van der Waals surface area contributed by atoms with E-state index in [2.05, 4.69) is 21.3 Å². The van der Waals surface area contributed by atoms with Crippen LogP contribution in [0.15, 0.2) is 194 Å². The van der Waals surface area contributed by atoms with Crippen molar-refractivity contribution in [3.8, 4) is 46.0 Å². The molecule has 8 aromatic rings. The Morgan fingerprint density at radius 3 is 0.506 bits per heavy atom. The van der Waals surface area contributed by atoms with Crippen molar-refractivity contribution in [2.45, 2.75) is 107 Å². The molecule has 4 atom stereocenters. The Bertz CT molecular complexity index is 2580. The van der Waals surface area contributed by atoms with Crippen molar-refractivity contribution in [1.82, 2.24) is 21.3 Å². The summed E-state index contributed by atoms with van der Waals surface area (Å²) in [5.74, 6) is 1.30. The van der Waals surface area contributed by atoms with E-state index in [9.17, 15) is 40.9 Å². The molecular formula is C65H72N4NaO8Sc+. The Kier molecular flexibility index (Phi) is 23.5. The maximum atomic E-state index is 10.7. The summed E-state index contributed by atoms with van der Waals surface area (Å²) >= 11 is 0. The second kappa shape index (κ2) is 29.9. The van der Waals surface area contributed by atoms with Crippen LogP contribution in [0.4, 0.5) is 0 Å². The van der Waals surface area contributed by atoms with E-state index in [4.69, 9.17) is 0 Å². The first-order valence-corrected chi connectivity index (χ1v) is 26.3. The Hall–Kier alpha value is -6.13. The Morgan fingerprint density at radius 1 is 0.253 bits per heavy atom. The van der Waals surface area contributed by atoms with Gasteiger partial charge in [0.25, 0.3) is 0 Å². The molecule has 0 unspecified atom stereocenters. The zero-order chi connectivity index (χ0) is 53.0. The summed E-state index contributed by atoms with van der Waals surface area (Å²) in [6.07, 6.45) is 7.74. The van der Waals surface area contributed by atoms with Crippen molar-refractivity contribution in [2.75, 3.05) is 0 Å². The standard InChI is InChI=1S/2C32H34N2O4.CH4.Na.Sc/c2*35-27-17-7-1-11-21(27)31(22-12-2-8-18-28(22)36)33-25-15-5-6-16-26(25)34-32(23-13-3-9-19-29(23)37)24-14-4-10-20-30(24)38;;;/h2*1-4,7-14,17-20,25-26,31-38H,5-6,15-16H2;1H4;;/q;;;+1;/t2*25-,26-;;;/m11.../s1. The molecule has 0 saturated heterocycles. The molecule has 12 N–H and O–H groups in total. The fourth-order valence-electron chi connectivity index (χ4n) is 11.2. The van der Waals surface area contributed by atoms with Gasteiger partial charge >= 0.3 is 29.6 Å². The summed E-state index contributed by atoms with van der Waals surface area (Å²) in [5, 5.41) is 101. The van der Waals surface area contributed by atoms with Gasteiger partial charge in [-0.05, 0) is 74.2 Å². The first kappa shape index (κ1) is 62.1. The number of aromatic hydroxyl groups is 8. The summed E-state index contributed by atoms with van der Waals surface area (Å²) in [6, 6.07) is 55.8. The van der Waals surface area contributed by atoms with Crippen LogP contribution in [0.25, 0.3) is 0 Å². The second-order valence-corrected chi connectivity index (χ2v) is 19.9. The van der Waals surface area contributed by atoms with Gasteiger partial charge in [-0.1, -0.05) is 179 Å². The molecule has 1 radical (unpaired) electrons. The van der Waals surface area contributed by atoms with Crippen LogP contribution >= 0.6 is 0 Å². The maximum absolute atomic E-state index is 10.7. The third-order valence-electron chi connectivity index (χ3n) is 15.0. The zero-order valence-electron chi connectivity index (χ0n) is 43.9. The Labute approximate surface area is 505 Å². The average molecular weight is 1110 g/mol. The molecule has 12 nitrogen and oxygen atoms in total. The molecule has 0 spiro atoms. The molecule has 0 aromatic heterocycles. The van der Waals surface area contributed by atoms with Crippen LogP contribution in [0.2, 0.25) is 0 Å². The van der Waals surface area contributed by atoms with Gasteiger partial charge in [-0.2, -0.15) is 0 Å². The van der Waals surface area contributed by atoms with Gasteiger partial charge in [0.15, 0.2) is 0 Å². The number of rotatable bonds is 16. The van der Waals surface area contributed by atoms with Crippen LogP contribution in [-0.2, 0) is 25.8 Å². The molecule has 2 saturated carbocycles. The molecule has 403 valence electrons. The molecule has 0 aliphatic heterocycles. The monoisotopic (exact) mass is 1100 g/mol. The molecule has 8 aromatic carbocycles. The van der Waals surface area contributed by atoms with Crippen LogP contribution in [0, 0.1) is 0 Å². The minimum Gasteiger partial charge on any atom is -0.508 e. The van der Waals surface area contributed by atoms with E-state index in [0.717, 1.165) is 51.4 Å². The minimum atomic E-state index is -0.432. The number of hydrogen-bond donors (Lipinski definition) is 12. The summed E-state index contributed by atoms with van der Waals surface area (Å²) in [6.45, 7) is 0. The first-order valence-electron chi connectivity index (χ1n) is 26.3. The van der Waals surface area contributed by atoms with E-state index in [-0.39, 0.29) is 133 Å². The molecule has 14 heteroatoms. The van der Waals surface area contributed by atoms with Gasteiger partial charge in [0.05, 0.1) is 24.2 Å². The van der Waals surface area contributed by atoms with Crippen LogP contribution in [0.1, 0.15) is 127 Å². The predicted molar refractivity (Wildman–Crippen MR) is 304 cm³/mol. The molecule has 2 aliphatic rings. The number of nitrogens with one attached hydrogen (secondary N) is 4. The summed E-state index contributed by atoms with van der Waals surface area (Å²) in [5.41, 5.74) is 5.53. The number of phenols is 8. The van der Waals surface area contributed by atoms with E-state index in [0.29, 0.717) is 44.5 Å². The largest absolute Gasteiger partial charge is 1.00 e. The normalized spacial score (nSPS) is 17.0. The number of benzene rings is 8. The van der Waals surface area contributed by atoms with Crippen LogP contribution in [0.5, 0.6) is 46.0 Å². The van der Waals surface area contributed by atoms with Gasteiger partial charge in [-0.3, -0.25) is 0 Å². The van der Waals surface area contributed by atoms with Crippen molar-refractivity contribution in [2.24, 2.45) is 0 Å². The van der Waals surface area contributed by atoms with Gasteiger partial charge in [0.1, 0.15) is 46.0 Å². The predicted octanol–water partition coefficient (Wildman–Crippen LogP) is 9.39. The topological polar surface area (TPSA) is 210 Å². The van der Waals surface area contributed by atoms with Crippen molar-refractivity contribution in [3.63, 3.8) is 0 Å². The Morgan fingerprint density at radius 2 is 0.380 bits per heavy atom. The van der Waals surface area contributed by atoms with Crippen molar-refractivity contribution >= 4 is 0 Å². The maximum Gasteiger partial charge on any atom is 1.00 e. The average Bonchev–Trinajstić information content (AvgIpc) is 3.45. The first-order chi connectivity index (χ1) is 37.0. The quantitative estimate of drug-likeness (QED) is 0.0409. The summed E-state index contributed by atoms with van der Waals surface area (Å²) in [7, 11) is 0. The molecule has 10 rings (SSSR count). The van der Waals surface area contributed by atoms with Gasteiger partial charge in [-0.25, -0.2) is 0 Å². The second-order valence-electron chi connectivity index (χ2n) is 19.9. The number of hydrogen-bond acceptors (Lipinski definition) is 12. The van der Waals surface area contributed by atoms with Gasteiger partial charge in [0, 0.05) is 94.5 Å². The zero-order valence-corrected chi connectivity index (χ0v) is 47.7. The van der Waals surface area contributed by atoms with E-state index < -0.39 is 24.2 Å². The van der Waals surface area contributed by atoms with E-state index >= 15 is 0 Å².